The topological polar surface area (TPSA) is 139 Å². The maximum Gasteiger partial charge on any atom is 0.423 e. The van der Waals surface area contributed by atoms with E-state index >= 15 is 0 Å². The fraction of sp³-hybridized carbons (Fsp3) is 0.0909. The van der Waals surface area contributed by atoms with Gasteiger partial charge in [-0.1, -0.05) is 29.3 Å². The molecule has 2 aromatic carbocycles. The van der Waals surface area contributed by atoms with Gasteiger partial charge in [0.25, 0.3) is 5.91 Å². The average molecular weight is 517 g/mol. The molecule has 13 heteroatoms. The van der Waals surface area contributed by atoms with Crippen LogP contribution in [0.5, 0.6) is 11.5 Å². The number of amides is 2. The summed E-state index contributed by atoms with van der Waals surface area (Å²) in [6, 6.07) is 9.74. The Morgan fingerprint density at radius 1 is 1.06 bits per heavy atom. The molecule has 0 spiro atoms. The van der Waals surface area contributed by atoms with E-state index in [4.69, 9.17) is 37.8 Å². The Hall–Kier alpha value is -4.22. The number of hydrogen-bond donors (Lipinski definition) is 4. The van der Waals surface area contributed by atoms with Gasteiger partial charge in [-0.3, -0.25) is 14.6 Å². The SMILES string of the molecule is COc1cc(OC)c(-c2nc3ncccn3c2Nc2c(Cl)cccc2Cl)c(C(=O)NNC(=O)O)c1. The fourth-order valence-corrected chi connectivity index (χ4v) is 3.88. The van der Waals surface area contributed by atoms with Gasteiger partial charge in [-0.25, -0.2) is 20.2 Å². The highest BCUT2D eigenvalue weighted by Gasteiger charge is 2.27. The van der Waals surface area contributed by atoms with Crippen LogP contribution < -0.4 is 25.6 Å². The van der Waals surface area contributed by atoms with Gasteiger partial charge in [-0.2, -0.15) is 0 Å². The summed E-state index contributed by atoms with van der Waals surface area (Å²) in [6.45, 7) is 0. The summed E-state index contributed by atoms with van der Waals surface area (Å²) in [4.78, 5) is 32.8. The van der Waals surface area contributed by atoms with Crippen LogP contribution in [0.25, 0.3) is 17.0 Å². The number of carbonyl (C=O) groups is 2. The zero-order valence-corrected chi connectivity index (χ0v) is 19.8. The summed E-state index contributed by atoms with van der Waals surface area (Å²) < 4.78 is 12.5. The number of para-hydroxylation sites is 1. The van der Waals surface area contributed by atoms with Crippen molar-refractivity contribution in [3.8, 4) is 22.8 Å². The minimum absolute atomic E-state index is 0.0201. The number of methoxy groups -OCH3 is 2. The number of carboxylic acid groups (broad SMARTS) is 1. The van der Waals surface area contributed by atoms with Crippen molar-refractivity contribution < 1.29 is 24.2 Å². The average Bonchev–Trinajstić information content (AvgIpc) is 3.21. The third kappa shape index (κ3) is 4.72. The Balaban J connectivity index is 1.99. The van der Waals surface area contributed by atoms with Gasteiger partial charge >= 0.3 is 6.09 Å². The van der Waals surface area contributed by atoms with Gasteiger partial charge in [-0.05, 0) is 24.3 Å². The standard InChI is InChI=1S/C22H18Cl2N6O5/c1-34-11-9-12(20(31)28-29-22(32)33)16(15(10-11)35-2)18-19(30-8-4-7-25-21(30)27-18)26-17-13(23)5-3-6-14(17)24/h3-10,26,29H,1-2H3,(H,28,31)(H,32,33). The number of fused-ring (bicyclic) bond motifs is 1. The Kier molecular flexibility index (Phi) is 6.80. The lowest BCUT2D eigenvalue weighted by Crippen LogP contribution is -2.41. The predicted molar refractivity (Wildman–Crippen MR) is 130 cm³/mol. The number of imidazole rings is 1. The molecule has 0 radical (unpaired) electrons. The molecule has 0 aliphatic heterocycles. The number of nitrogens with zero attached hydrogens (tertiary/aromatic N) is 3. The van der Waals surface area contributed by atoms with Crippen molar-refractivity contribution in [3.05, 3.63) is 64.4 Å². The normalized spacial score (nSPS) is 10.6. The summed E-state index contributed by atoms with van der Waals surface area (Å²) in [5.41, 5.74) is 4.90. The number of hydrazine groups is 1. The van der Waals surface area contributed by atoms with Gasteiger partial charge in [0.1, 0.15) is 23.0 Å². The van der Waals surface area contributed by atoms with E-state index in [1.807, 2.05) is 5.43 Å². The van der Waals surface area contributed by atoms with Crippen molar-refractivity contribution in [1.82, 2.24) is 25.2 Å². The molecule has 0 saturated carbocycles. The summed E-state index contributed by atoms with van der Waals surface area (Å²) in [7, 11) is 2.84. The second-order valence-corrected chi connectivity index (χ2v) is 7.77. The van der Waals surface area contributed by atoms with Crippen molar-refractivity contribution in [2.75, 3.05) is 19.5 Å². The highest BCUT2D eigenvalue weighted by Crippen LogP contribution is 2.42. The van der Waals surface area contributed by atoms with E-state index < -0.39 is 12.0 Å². The molecule has 0 bridgehead atoms. The lowest BCUT2D eigenvalue weighted by Gasteiger charge is -2.17. The van der Waals surface area contributed by atoms with Crippen LogP contribution in [0.1, 0.15) is 10.4 Å². The molecule has 35 heavy (non-hydrogen) atoms. The number of carbonyl (C=O) groups excluding carboxylic acids is 1. The molecule has 0 aliphatic rings. The molecule has 0 unspecified atom stereocenters. The van der Waals surface area contributed by atoms with Crippen molar-refractivity contribution in [1.29, 1.82) is 0 Å². The van der Waals surface area contributed by atoms with E-state index in [-0.39, 0.29) is 22.6 Å². The number of halogens is 2. The van der Waals surface area contributed by atoms with E-state index in [1.54, 1.807) is 47.1 Å². The van der Waals surface area contributed by atoms with Crippen molar-refractivity contribution in [2.24, 2.45) is 0 Å². The number of aromatic nitrogens is 3. The first-order valence-electron chi connectivity index (χ1n) is 9.93. The predicted octanol–water partition coefficient (Wildman–Crippen LogP) is 4.38. The molecule has 0 saturated heterocycles. The molecule has 180 valence electrons. The smallest absolute Gasteiger partial charge is 0.423 e. The molecular weight excluding hydrogens is 499 g/mol. The first kappa shape index (κ1) is 23.9. The van der Waals surface area contributed by atoms with Crippen LogP contribution in [0.15, 0.2) is 48.8 Å². The summed E-state index contributed by atoms with van der Waals surface area (Å²) in [5, 5.41) is 12.8. The molecule has 4 N–H and O–H groups in total. The molecule has 2 aromatic heterocycles. The summed E-state index contributed by atoms with van der Waals surface area (Å²) in [5.74, 6) is 0.456. The molecule has 4 aromatic rings. The Bertz CT molecular complexity index is 1420. The van der Waals surface area contributed by atoms with Crippen LogP contribution in [-0.2, 0) is 0 Å². The van der Waals surface area contributed by atoms with E-state index in [9.17, 15) is 9.59 Å². The third-order valence-electron chi connectivity index (χ3n) is 4.91. The lowest BCUT2D eigenvalue weighted by atomic mass is 10.0. The maximum atomic E-state index is 13.0. The summed E-state index contributed by atoms with van der Waals surface area (Å²) >= 11 is 12.8. The largest absolute Gasteiger partial charge is 0.497 e. The van der Waals surface area contributed by atoms with Gasteiger partial charge in [0.05, 0.1) is 41.1 Å². The Labute approximate surface area is 208 Å². The monoisotopic (exact) mass is 516 g/mol. The van der Waals surface area contributed by atoms with Crippen LogP contribution in [0.3, 0.4) is 0 Å². The molecule has 4 rings (SSSR count). The highest BCUT2D eigenvalue weighted by molar-refractivity contribution is 6.39. The lowest BCUT2D eigenvalue weighted by molar-refractivity contribution is 0.0926. The highest BCUT2D eigenvalue weighted by atomic mass is 35.5. The second-order valence-electron chi connectivity index (χ2n) is 6.96. The van der Waals surface area contributed by atoms with Crippen LogP contribution in [0.2, 0.25) is 10.0 Å². The molecular formula is C22H18Cl2N6O5. The molecule has 2 amide bonds. The first-order chi connectivity index (χ1) is 16.8. The number of hydrogen-bond acceptors (Lipinski definition) is 7. The minimum Gasteiger partial charge on any atom is -0.497 e. The van der Waals surface area contributed by atoms with E-state index in [0.717, 1.165) is 0 Å². The maximum absolute atomic E-state index is 13.0. The Morgan fingerprint density at radius 3 is 2.46 bits per heavy atom. The zero-order valence-electron chi connectivity index (χ0n) is 18.3. The van der Waals surface area contributed by atoms with Crippen molar-refractivity contribution in [3.63, 3.8) is 0 Å². The molecule has 11 nitrogen and oxygen atoms in total. The number of nitrogens with one attached hydrogen (secondary N) is 3. The third-order valence-corrected chi connectivity index (χ3v) is 5.54. The molecule has 2 heterocycles. The van der Waals surface area contributed by atoms with E-state index in [1.165, 1.54) is 20.3 Å². The van der Waals surface area contributed by atoms with Gasteiger partial charge in [0.2, 0.25) is 5.78 Å². The number of anilines is 2. The molecule has 0 aliphatic carbocycles. The number of ether oxygens (including phenoxy) is 2. The van der Waals surface area contributed by atoms with Crippen molar-refractivity contribution in [2.45, 2.75) is 0 Å². The van der Waals surface area contributed by atoms with Gasteiger partial charge < -0.3 is 19.9 Å². The van der Waals surface area contributed by atoms with Crippen LogP contribution in [0.4, 0.5) is 16.3 Å². The van der Waals surface area contributed by atoms with Gasteiger partial charge in [0, 0.05) is 18.5 Å². The second kappa shape index (κ2) is 9.95. The number of rotatable bonds is 6. The van der Waals surface area contributed by atoms with Gasteiger partial charge in [0.15, 0.2) is 0 Å². The fourth-order valence-electron chi connectivity index (χ4n) is 3.39. The van der Waals surface area contributed by atoms with E-state index in [2.05, 4.69) is 20.7 Å². The summed E-state index contributed by atoms with van der Waals surface area (Å²) in [6.07, 6.45) is 1.84. The van der Waals surface area contributed by atoms with E-state index in [0.29, 0.717) is 33.1 Å². The van der Waals surface area contributed by atoms with Gasteiger partial charge in [-0.15, -0.1) is 0 Å². The number of benzene rings is 2. The van der Waals surface area contributed by atoms with Crippen LogP contribution >= 0.6 is 23.2 Å². The quantitative estimate of drug-likeness (QED) is 0.277. The zero-order chi connectivity index (χ0) is 25.1. The van der Waals surface area contributed by atoms with Crippen LogP contribution in [-0.4, -0.2) is 45.7 Å². The Morgan fingerprint density at radius 2 is 1.80 bits per heavy atom. The van der Waals surface area contributed by atoms with Crippen LogP contribution in [0, 0.1) is 0 Å². The molecule has 0 fully saturated rings. The minimum atomic E-state index is -1.44. The first-order valence-corrected chi connectivity index (χ1v) is 10.7. The van der Waals surface area contributed by atoms with Crippen molar-refractivity contribution >= 4 is 52.5 Å². The molecule has 0 atom stereocenters.